The van der Waals surface area contributed by atoms with Crippen LogP contribution in [0.3, 0.4) is 0 Å². The average molecular weight is 515 g/mol. The second kappa shape index (κ2) is 9.74. The third-order valence-electron chi connectivity index (χ3n) is 7.29. The number of aliphatic hydroxyl groups is 1. The number of anilines is 2. The summed E-state index contributed by atoms with van der Waals surface area (Å²) in [6.45, 7) is 5.44. The Bertz CT molecular complexity index is 1450. The zero-order valence-electron chi connectivity index (χ0n) is 20.8. The average Bonchev–Trinajstić information content (AvgIpc) is 3.56. The highest BCUT2D eigenvalue weighted by Gasteiger charge is 2.29. The summed E-state index contributed by atoms with van der Waals surface area (Å²) < 4.78 is 1.87. The normalized spacial score (nSPS) is 18.1. The third kappa shape index (κ3) is 4.90. The molecule has 0 aliphatic carbocycles. The van der Waals surface area contributed by atoms with Crippen molar-refractivity contribution in [1.29, 1.82) is 0 Å². The molecule has 6 rings (SSSR count). The number of nitrogens with zero attached hydrogens (tertiary/aromatic N) is 6. The van der Waals surface area contributed by atoms with Crippen molar-refractivity contribution in [1.82, 2.24) is 30.1 Å². The first-order chi connectivity index (χ1) is 18.0. The number of fused-ring (bicyclic) bond motifs is 1. The number of aromatic nitrogens is 5. The van der Waals surface area contributed by atoms with Crippen LogP contribution in [0.5, 0.6) is 0 Å². The Hall–Kier alpha value is -3.52. The molecule has 190 valence electrons. The van der Waals surface area contributed by atoms with Crippen LogP contribution in [0.15, 0.2) is 36.7 Å². The van der Waals surface area contributed by atoms with Gasteiger partial charge in [-0.25, -0.2) is 4.52 Å². The molecule has 0 bridgehead atoms. The van der Waals surface area contributed by atoms with Crippen molar-refractivity contribution < 1.29 is 5.11 Å². The lowest BCUT2D eigenvalue weighted by Crippen LogP contribution is -2.42. The van der Waals surface area contributed by atoms with Gasteiger partial charge in [0, 0.05) is 36.6 Å². The van der Waals surface area contributed by atoms with Crippen molar-refractivity contribution in [3.05, 3.63) is 42.2 Å². The van der Waals surface area contributed by atoms with Crippen LogP contribution < -0.4 is 15.5 Å². The molecular formula is C27H30N8OS. The molecule has 37 heavy (non-hydrogen) atoms. The molecule has 2 aliphatic rings. The van der Waals surface area contributed by atoms with Crippen molar-refractivity contribution >= 4 is 27.7 Å². The fourth-order valence-corrected chi connectivity index (χ4v) is 5.90. The topological polar surface area (TPSA) is 104 Å². The summed E-state index contributed by atoms with van der Waals surface area (Å²) in [7, 11) is 0. The van der Waals surface area contributed by atoms with Crippen LogP contribution in [0.1, 0.15) is 38.2 Å². The Balaban J connectivity index is 1.35. The van der Waals surface area contributed by atoms with E-state index in [1.54, 1.807) is 17.5 Å². The zero-order valence-corrected chi connectivity index (χ0v) is 21.6. The van der Waals surface area contributed by atoms with E-state index in [-0.39, 0.29) is 0 Å². The molecular weight excluding hydrogens is 484 g/mol. The molecule has 9 nitrogen and oxygen atoms in total. The Morgan fingerprint density at radius 2 is 1.97 bits per heavy atom. The molecule has 0 atom stereocenters. The summed E-state index contributed by atoms with van der Waals surface area (Å²) in [6.07, 6.45) is 12.7. The molecule has 0 unspecified atom stereocenters. The van der Waals surface area contributed by atoms with Gasteiger partial charge in [0.05, 0.1) is 34.3 Å². The molecule has 4 aromatic rings. The molecule has 0 aromatic carbocycles. The maximum Gasteiger partial charge on any atom is 0.208 e. The summed E-state index contributed by atoms with van der Waals surface area (Å²) in [5.74, 6) is 2.64. The number of hydrogen-bond donors (Lipinski definition) is 3. The van der Waals surface area contributed by atoms with Crippen molar-refractivity contribution in [2.45, 2.75) is 44.2 Å². The van der Waals surface area contributed by atoms with Crippen molar-refractivity contribution in [2.24, 2.45) is 0 Å². The number of rotatable bonds is 5. The van der Waals surface area contributed by atoms with Gasteiger partial charge < -0.3 is 20.6 Å². The molecule has 2 aliphatic heterocycles. The van der Waals surface area contributed by atoms with Gasteiger partial charge >= 0.3 is 0 Å². The van der Waals surface area contributed by atoms with Crippen LogP contribution in [0.2, 0.25) is 0 Å². The van der Waals surface area contributed by atoms with Gasteiger partial charge in [-0.15, -0.1) is 16.6 Å². The summed E-state index contributed by atoms with van der Waals surface area (Å²) in [5, 5.41) is 32.8. The van der Waals surface area contributed by atoms with E-state index in [9.17, 15) is 5.11 Å². The van der Waals surface area contributed by atoms with Crippen LogP contribution in [0.4, 0.5) is 10.8 Å². The lowest BCUT2D eigenvalue weighted by atomic mass is 9.94. The Morgan fingerprint density at radius 3 is 2.76 bits per heavy atom. The Morgan fingerprint density at radius 1 is 1.16 bits per heavy atom. The number of nitrogens with one attached hydrogen (secondary N) is 2. The molecule has 0 saturated carbocycles. The lowest BCUT2D eigenvalue weighted by Gasteiger charge is -2.35. The van der Waals surface area contributed by atoms with Crippen molar-refractivity contribution in [3.8, 4) is 34.3 Å². The molecule has 3 N–H and O–H groups in total. The first kappa shape index (κ1) is 23.9. The molecule has 0 amide bonds. The number of piperidine rings is 2. The monoisotopic (exact) mass is 514 g/mol. The van der Waals surface area contributed by atoms with Gasteiger partial charge in [-0.1, -0.05) is 17.3 Å². The zero-order chi connectivity index (χ0) is 25.4. The Labute approximate surface area is 220 Å². The van der Waals surface area contributed by atoms with Gasteiger partial charge in [0.1, 0.15) is 0 Å². The minimum absolute atomic E-state index is 0.368. The number of terminal acetylenes is 1. The van der Waals surface area contributed by atoms with E-state index >= 15 is 0 Å². The van der Waals surface area contributed by atoms with Gasteiger partial charge in [-0.05, 0) is 70.0 Å². The lowest BCUT2D eigenvalue weighted by molar-refractivity contribution is 0.0351. The van der Waals surface area contributed by atoms with Crippen LogP contribution in [-0.4, -0.2) is 67.7 Å². The summed E-state index contributed by atoms with van der Waals surface area (Å²) in [5.41, 5.74) is 4.74. The van der Waals surface area contributed by atoms with E-state index in [1.165, 1.54) is 0 Å². The SMILES string of the molecule is C#Cc1cnn2c(-c3cc(NC4CCNCC4)c(-c4nnc(N5CCC(C)(O)CC5)s4)cn3)ccc2c1. The first-order valence-corrected chi connectivity index (χ1v) is 13.5. The highest BCUT2D eigenvalue weighted by molar-refractivity contribution is 7.18. The highest BCUT2D eigenvalue weighted by Crippen LogP contribution is 2.37. The molecule has 0 spiro atoms. The van der Waals surface area contributed by atoms with Crippen LogP contribution in [0, 0.1) is 12.3 Å². The predicted molar refractivity (Wildman–Crippen MR) is 147 cm³/mol. The first-order valence-electron chi connectivity index (χ1n) is 12.7. The number of hydrogen-bond acceptors (Lipinski definition) is 9. The molecule has 10 heteroatoms. The van der Waals surface area contributed by atoms with E-state index in [0.29, 0.717) is 6.04 Å². The molecule has 6 heterocycles. The second-order valence-corrected chi connectivity index (χ2v) is 11.1. The van der Waals surface area contributed by atoms with Crippen molar-refractivity contribution in [3.63, 3.8) is 0 Å². The van der Waals surface area contributed by atoms with Gasteiger partial charge in [-0.3, -0.25) is 4.98 Å². The third-order valence-corrected chi connectivity index (χ3v) is 8.31. The highest BCUT2D eigenvalue weighted by atomic mass is 32.1. The van der Waals surface area contributed by atoms with E-state index in [4.69, 9.17) is 11.4 Å². The van der Waals surface area contributed by atoms with E-state index in [2.05, 4.69) is 42.8 Å². The minimum atomic E-state index is -0.601. The van der Waals surface area contributed by atoms with Gasteiger partial charge in [0.15, 0.2) is 5.01 Å². The van der Waals surface area contributed by atoms with E-state index < -0.39 is 5.60 Å². The fraction of sp³-hybridized carbons (Fsp3) is 0.407. The molecule has 4 aromatic heterocycles. The van der Waals surface area contributed by atoms with Gasteiger partial charge in [-0.2, -0.15) is 5.10 Å². The smallest absolute Gasteiger partial charge is 0.208 e. The standard InChI is InChI=1S/C27H30N8OS/c1-3-18-14-20-4-5-24(35(20)30-16-18)23-15-22(31-19-6-10-28-11-7-19)21(17-29-23)25-32-33-26(37-25)34-12-8-27(2,36)9-13-34/h1,4-5,14-17,19,28,36H,6-13H2,2H3,(H,29,31). The summed E-state index contributed by atoms with van der Waals surface area (Å²) >= 11 is 1.57. The summed E-state index contributed by atoms with van der Waals surface area (Å²) in [4.78, 5) is 7.04. The summed E-state index contributed by atoms with van der Waals surface area (Å²) in [6, 6.07) is 8.43. The van der Waals surface area contributed by atoms with Crippen LogP contribution in [-0.2, 0) is 0 Å². The maximum atomic E-state index is 10.3. The quantitative estimate of drug-likeness (QED) is 0.348. The molecule has 2 fully saturated rings. The predicted octanol–water partition coefficient (Wildman–Crippen LogP) is 3.41. The Kier molecular flexibility index (Phi) is 6.28. The van der Waals surface area contributed by atoms with E-state index in [0.717, 1.165) is 95.7 Å². The maximum absolute atomic E-state index is 10.3. The van der Waals surface area contributed by atoms with Gasteiger partial charge in [0.25, 0.3) is 0 Å². The van der Waals surface area contributed by atoms with E-state index in [1.807, 2.05) is 35.8 Å². The van der Waals surface area contributed by atoms with Crippen LogP contribution in [0.25, 0.3) is 27.5 Å². The van der Waals surface area contributed by atoms with Crippen LogP contribution >= 0.6 is 11.3 Å². The second-order valence-electron chi connectivity index (χ2n) is 10.1. The number of pyridine rings is 1. The fourth-order valence-electron chi connectivity index (χ4n) is 4.98. The largest absolute Gasteiger partial charge is 0.390 e. The van der Waals surface area contributed by atoms with Crippen molar-refractivity contribution in [2.75, 3.05) is 36.4 Å². The molecule has 2 saturated heterocycles. The van der Waals surface area contributed by atoms with Gasteiger partial charge in [0.2, 0.25) is 5.13 Å². The molecule has 0 radical (unpaired) electrons. The minimum Gasteiger partial charge on any atom is -0.390 e.